The van der Waals surface area contributed by atoms with Crippen LogP contribution in [0, 0.1) is 0 Å². The van der Waals surface area contributed by atoms with Crippen molar-refractivity contribution in [2.24, 2.45) is 10.2 Å². The third-order valence-corrected chi connectivity index (χ3v) is 8.04. The highest BCUT2D eigenvalue weighted by Gasteiger charge is 2.22. The number of ether oxygens (including phenoxy) is 2. The van der Waals surface area contributed by atoms with Crippen LogP contribution in [0.25, 0.3) is 11.1 Å². The van der Waals surface area contributed by atoms with E-state index in [-0.39, 0.29) is 49.3 Å². The number of carbonyl (C=O) groups is 6. The minimum atomic E-state index is -0.749. The zero-order chi connectivity index (χ0) is 39.7. The van der Waals surface area contributed by atoms with Crippen LogP contribution in [0.1, 0.15) is 13.8 Å². The molecule has 0 aromatic heterocycles. The van der Waals surface area contributed by atoms with Crippen LogP contribution in [0.3, 0.4) is 0 Å². The van der Waals surface area contributed by atoms with E-state index in [1.54, 1.807) is 49.1 Å². The molecule has 0 heterocycles. The monoisotopic (exact) mass is 787 g/mol. The third-order valence-electron chi connectivity index (χ3n) is 7.62. The van der Waals surface area contributed by atoms with E-state index in [0.717, 1.165) is 5.56 Å². The fraction of sp³-hybridized carbons (Fsp3) is 0.263. The summed E-state index contributed by atoms with van der Waals surface area (Å²) in [6, 6.07) is 12.3. The first-order chi connectivity index (χ1) is 26.5. The highest BCUT2D eigenvalue weighted by atomic mass is 32.1. The van der Waals surface area contributed by atoms with Crippen molar-refractivity contribution in [2.45, 2.75) is 13.8 Å². The number of nitrogens with one attached hydrogen (secondary N) is 4. The summed E-state index contributed by atoms with van der Waals surface area (Å²) in [5.74, 6) is -2.15. The summed E-state index contributed by atoms with van der Waals surface area (Å²) in [7, 11) is 0. The summed E-state index contributed by atoms with van der Waals surface area (Å²) < 4.78 is 9.92. The fourth-order valence-corrected chi connectivity index (χ4v) is 5.46. The smallest absolute Gasteiger partial charge is 0.342 e. The van der Waals surface area contributed by atoms with Crippen molar-refractivity contribution >= 4 is 89.1 Å². The van der Waals surface area contributed by atoms with Crippen LogP contribution >= 0.6 is 25.3 Å². The molecule has 2 aromatic carbocycles. The molecule has 2 amide bonds. The van der Waals surface area contributed by atoms with Crippen molar-refractivity contribution in [2.75, 3.05) is 67.1 Å². The molecule has 2 aromatic rings. The molecule has 55 heavy (non-hydrogen) atoms. The maximum absolute atomic E-state index is 13.4. The van der Waals surface area contributed by atoms with Gasteiger partial charge in [0.25, 0.3) is 0 Å². The zero-order valence-electron chi connectivity index (χ0n) is 30.2. The lowest BCUT2D eigenvalue weighted by atomic mass is 10.0. The number of ketones is 2. The molecule has 2 aliphatic rings. The lowest BCUT2D eigenvalue weighted by Crippen LogP contribution is -2.42. The molecule has 0 bridgehead atoms. The maximum atomic E-state index is 13.4. The molecule has 0 saturated carbocycles. The number of carbonyl (C=O) groups excluding carboxylic acids is 6. The number of hydrogen-bond donors (Lipinski definition) is 6. The second kappa shape index (κ2) is 21.2. The summed E-state index contributed by atoms with van der Waals surface area (Å²) in [6.07, 6.45) is 8.09. The summed E-state index contributed by atoms with van der Waals surface area (Å²) in [4.78, 5) is 76.2. The zero-order valence-corrected chi connectivity index (χ0v) is 32.0. The topological polar surface area (TPSA) is 197 Å². The quantitative estimate of drug-likeness (QED) is 0.0426. The summed E-state index contributed by atoms with van der Waals surface area (Å²) >= 11 is 8.40. The molecule has 0 atom stereocenters. The van der Waals surface area contributed by atoms with Crippen molar-refractivity contribution in [1.82, 2.24) is 10.2 Å². The first-order valence-electron chi connectivity index (χ1n) is 17.2. The average Bonchev–Trinajstić information content (AvgIpc) is 3.17. The lowest BCUT2D eigenvalue weighted by molar-refractivity contribution is -0.140. The number of amides is 2. The summed E-state index contributed by atoms with van der Waals surface area (Å²) in [6.45, 7) is 4.22. The molecular formula is C38H41N7O8S2. The van der Waals surface area contributed by atoms with Gasteiger partial charge in [-0.1, -0.05) is 18.2 Å². The van der Waals surface area contributed by atoms with E-state index < -0.39 is 23.5 Å². The van der Waals surface area contributed by atoms with Gasteiger partial charge in [-0.25, -0.2) is 9.59 Å². The second-order valence-electron chi connectivity index (χ2n) is 11.6. The first-order valence-corrected chi connectivity index (χ1v) is 18.5. The number of anilines is 3. The molecular weight excluding hydrogens is 747 g/mol. The number of thiol groups is 2. The van der Waals surface area contributed by atoms with Gasteiger partial charge in [0.2, 0.25) is 11.8 Å². The van der Waals surface area contributed by atoms with Crippen LogP contribution < -0.4 is 21.5 Å². The number of hydrogen-bond acceptors (Lipinski definition) is 15. The Labute approximate surface area is 328 Å². The van der Waals surface area contributed by atoms with Gasteiger partial charge in [0, 0.05) is 30.2 Å². The first kappa shape index (κ1) is 42.0. The Bertz CT molecular complexity index is 1990. The number of nitrogens with zero attached hydrogens (tertiary/aromatic N) is 3. The number of rotatable bonds is 18. The van der Waals surface area contributed by atoms with Crippen LogP contribution in [-0.2, 0) is 38.2 Å². The van der Waals surface area contributed by atoms with Gasteiger partial charge in [-0.15, -0.1) is 0 Å². The summed E-state index contributed by atoms with van der Waals surface area (Å²) in [5.41, 5.74) is 9.08. The van der Waals surface area contributed by atoms with Crippen molar-refractivity contribution in [3.8, 4) is 11.1 Å². The van der Waals surface area contributed by atoms with Gasteiger partial charge < -0.3 is 20.1 Å². The number of allylic oxidation sites excluding steroid dienone is 6. The molecule has 0 radical (unpaired) electrons. The Morgan fingerprint density at radius 3 is 1.80 bits per heavy atom. The van der Waals surface area contributed by atoms with E-state index in [0.29, 0.717) is 58.6 Å². The normalized spacial score (nSPS) is 15.1. The van der Waals surface area contributed by atoms with Crippen molar-refractivity contribution in [3.63, 3.8) is 0 Å². The number of esters is 2. The van der Waals surface area contributed by atoms with Crippen molar-refractivity contribution in [3.05, 3.63) is 90.1 Å². The van der Waals surface area contributed by atoms with Crippen LogP contribution in [0.5, 0.6) is 0 Å². The minimum Gasteiger partial charge on any atom is -0.462 e. The van der Waals surface area contributed by atoms with Crippen LogP contribution in [-0.4, -0.2) is 103 Å². The molecule has 4 N–H and O–H groups in total. The Morgan fingerprint density at radius 1 is 0.709 bits per heavy atom. The van der Waals surface area contributed by atoms with Gasteiger partial charge in [-0.2, -0.15) is 35.5 Å². The van der Waals surface area contributed by atoms with E-state index >= 15 is 0 Å². The average molecular weight is 788 g/mol. The largest absolute Gasteiger partial charge is 0.462 e. The van der Waals surface area contributed by atoms with Crippen LogP contribution in [0.15, 0.2) is 100 Å². The van der Waals surface area contributed by atoms with E-state index in [4.69, 9.17) is 9.47 Å². The standard InChI is InChI=1S/C38H41N7O8S2/c1-3-52-37(50)30-19-26(10-13-33(30)46)42-41-25-7-5-24(6-8-25)29-12-9-28(44-43-27-11-14-34(47)31(20-27)38(51)53-4-2)21-32(29)40-36(49)23-45(16-18-55)22-35(48)39-15-17-54/h5-14,19-21,41,44,54-55H,3-4,15-18,22-23H2,1-2H3,(H,39,48)(H,40,49)/b42-26+,43-27+. The molecule has 0 aliphatic heterocycles. The van der Waals surface area contributed by atoms with Gasteiger partial charge in [0.05, 0.1) is 54.8 Å². The predicted molar refractivity (Wildman–Crippen MR) is 218 cm³/mol. The van der Waals surface area contributed by atoms with Crippen LogP contribution in [0.2, 0.25) is 0 Å². The van der Waals surface area contributed by atoms with Crippen LogP contribution in [0.4, 0.5) is 17.1 Å². The molecule has 4 rings (SSSR count). The molecule has 15 nitrogen and oxygen atoms in total. The van der Waals surface area contributed by atoms with E-state index in [2.05, 4.69) is 56.9 Å². The van der Waals surface area contributed by atoms with Crippen molar-refractivity contribution in [1.29, 1.82) is 0 Å². The number of hydrazone groups is 2. The molecule has 0 unspecified atom stereocenters. The summed E-state index contributed by atoms with van der Waals surface area (Å²) in [5, 5.41) is 14.3. The predicted octanol–water partition coefficient (Wildman–Crippen LogP) is 3.36. The Kier molecular flexibility index (Phi) is 16.2. The Balaban J connectivity index is 1.58. The lowest BCUT2D eigenvalue weighted by Gasteiger charge is -2.21. The SMILES string of the molecule is CCOC(=O)C1=C/C(=N/Nc2ccc(-c3ccc(N/N=C4\C=CC(=O)C(C(=O)OCC)=C4)cc3NC(=O)CN(CCS)CC(=O)NCCS)cc2)C=CC1=O. The van der Waals surface area contributed by atoms with E-state index in [9.17, 15) is 28.8 Å². The van der Waals surface area contributed by atoms with Crippen molar-refractivity contribution < 1.29 is 38.2 Å². The Morgan fingerprint density at radius 2 is 1.25 bits per heavy atom. The van der Waals surface area contributed by atoms with Gasteiger partial charge in [-0.3, -0.25) is 34.9 Å². The molecule has 288 valence electrons. The molecule has 17 heteroatoms. The van der Waals surface area contributed by atoms with E-state index in [1.807, 2.05) is 12.1 Å². The van der Waals surface area contributed by atoms with E-state index in [1.165, 1.54) is 36.5 Å². The maximum Gasteiger partial charge on any atom is 0.342 e. The van der Waals surface area contributed by atoms with Gasteiger partial charge in [0.15, 0.2) is 11.6 Å². The highest BCUT2D eigenvalue weighted by molar-refractivity contribution is 7.80. The molecule has 0 spiro atoms. The fourth-order valence-electron chi connectivity index (χ4n) is 5.07. The molecule has 0 fully saturated rings. The van der Waals surface area contributed by atoms with Gasteiger partial charge in [-0.05, 0) is 80.1 Å². The van der Waals surface area contributed by atoms with Gasteiger partial charge >= 0.3 is 11.9 Å². The minimum absolute atomic E-state index is 0.00425. The van der Waals surface area contributed by atoms with Gasteiger partial charge in [0.1, 0.15) is 11.1 Å². The molecule has 2 aliphatic carbocycles. The third kappa shape index (κ3) is 12.7. The second-order valence-corrected chi connectivity index (χ2v) is 12.5. The highest BCUT2D eigenvalue weighted by Crippen LogP contribution is 2.32. The Hall–Kier alpha value is -5.78. The number of benzene rings is 2. The molecule has 0 saturated heterocycles.